The van der Waals surface area contributed by atoms with Crippen molar-refractivity contribution in [1.82, 2.24) is 10.6 Å². The van der Waals surface area contributed by atoms with Crippen LogP contribution in [0.3, 0.4) is 0 Å². The highest BCUT2D eigenvalue weighted by molar-refractivity contribution is 7.99. The lowest BCUT2D eigenvalue weighted by Crippen LogP contribution is -2.27. The number of hydrogen-bond acceptors (Lipinski definition) is 6. The molecule has 0 saturated carbocycles. The molecule has 2 amide bonds. The molecule has 1 aliphatic rings. The maximum Gasteiger partial charge on any atom is 0.342 e. The number of nitrogens with one attached hydrogen (secondary N) is 2. The molecule has 1 aliphatic heterocycles. The Morgan fingerprint density at radius 1 is 1.14 bits per heavy atom. The van der Waals surface area contributed by atoms with E-state index in [1.54, 1.807) is 18.0 Å². The van der Waals surface area contributed by atoms with E-state index in [1.165, 1.54) is 9.79 Å². The Morgan fingerprint density at radius 2 is 1.79 bits per heavy atom. The van der Waals surface area contributed by atoms with Crippen molar-refractivity contribution >= 4 is 41.3 Å². The Labute approximate surface area is 166 Å². The largest absolute Gasteiger partial charge is 0.342 e. The summed E-state index contributed by atoms with van der Waals surface area (Å²) in [6, 6.07) is 16.0. The fourth-order valence-corrected chi connectivity index (χ4v) is 3.96. The third-order valence-electron chi connectivity index (χ3n) is 4.44. The van der Waals surface area contributed by atoms with Crippen LogP contribution in [0.2, 0.25) is 0 Å². The number of carbonyl (C=O) groups excluding carboxylic acids is 1. The van der Waals surface area contributed by atoms with Crippen LogP contribution in [0.25, 0.3) is 0 Å². The van der Waals surface area contributed by atoms with Crippen molar-refractivity contribution in [2.45, 2.75) is 23.6 Å². The van der Waals surface area contributed by atoms with Crippen molar-refractivity contribution in [3.63, 3.8) is 0 Å². The molecule has 0 aliphatic carbocycles. The Kier molecular flexibility index (Phi) is 5.03. The molecule has 2 aromatic carbocycles. The number of nitrogens with zero attached hydrogens (tertiary/aromatic N) is 3. The van der Waals surface area contributed by atoms with E-state index in [1.807, 2.05) is 38.1 Å². The quantitative estimate of drug-likeness (QED) is 0.496. The number of amides is 2. The average molecular weight is 393 g/mol. The second kappa shape index (κ2) is 7.77. The second-order valence-corrected chi connectivity index (χ2v) is 7.33. The van der Waals surface area contributed by atoms with Crippen molar-refractivity contribution in [1.29, 1.82) is 0 Å². The molecule has 0 fully saturated rings. The van der Waals surface area contributed by atoms with Gasteiger partial charge in [-0.1, -0.05) is 41.2 Å². The summed E-state index contributed by atoms with van der Waals surface area (Å²) in [6.07, 6.45) is 1.67. The van der Waals surface area contributed by atoms with Gasteiger partial charge in [0.25, 0.3) is 0 Å². The lowest BCUT2D eigenvalue weighted by molar-refractivity contribution is 0.251. The molecule has 2 heterocycles. The first-order valence-corrected chi connectivity index (χ1v) is 9.60. The minimum atomic E-state index is -0.481. The minimum Gasteiger partial charge on any atom is -0.338 e. The molecule has 0 radical (unpaired) electrons. The Balaban J connectivity index is 1.43. The highest BCUT2D eigenvalue weighted by atomic mass is 32.2. The van der Waals surface area contributed by atoms with E-state index in [0.29, 0.717) is 12.4 Å². The van der Waals surface area contributed by atoms with Gasteiger partial charge in [0.2, 0.25) is 5.88 Å². The zero-order chi connectivity index (χ0) is 19.5. The summed E-state index contributed by atoms with van der Waals surface area (Å²) in [5, 5.41) is 10.4. The summed E-state index contributed by atoms with van der Waals surface area (Å²) < 4.78 is 5.06. The number of benzene rings is 2. The van der Waals surface area contributed by atoms with E-state index in [9.17, 15) is 4.79 Å². The maximum absolute atomic E-state index is 12.0. The van der Waals surface area contributed by atoms with Gasteiger partial charge in [0.1, 0.15) is 0 Å². The number of aryl methyl sites for hydroxylation is 1. The topological polar surface area (TPSA) is 82.8 Å². The zero-order valence-corrected chi connectivity index (χ0v) is 16.3. The summed E-state index contributed by atoms with van der Waals surface area (Å²) in [5.41, 5.74) is 6.22. The van der Waals surface area contributed by atoms with Gasteiger partial charge >= 0.3 is 6.03 Å². The van der Waals surface area contributed by atoms with E-state index in [0.717, 1.165) is 22.6 Å². The number of anilines is 3. The normalized spacial score (nSPS) is 12.6. The molecular weight excluding hydrogens is 374 g/mol. The molecular formula is C20H19N5O2S. The van der Waals surface area contributed by atoms with Crippen molar-refractivity contribution in [3.8, 4) is 0 Å². The van der Waals surface area contributed by atoms with Gasteiger partial charge in [-0.3, -0.25) is 5.32 Å². The summed E-state index contributed by atoms with van der Waals surface area (Å²) in [5.74, 6) is 0.320. The fourth-order valence-electron chi connectivity index (χ4n) is 2.87. The lowest BCUT2D eigenvalue weighted by atomic mass is 10.2. The van der Waals surface area contributed by atoms with Gasteiger partial charge in [0.05, 0.1) is 23.6 Å². The van der Waals surface area contributed by atoms with Gasteiger partial charge < -0.3 is 9.42 Å². The molecule has 4 rings (SSSR count). The number of fused-ring (bicyclic) bond motifs is 2. The monoisotopic (exact) mass is 393 g/mol. The predicted molar refractivity (Wildman–Crippen MR) is 111 cm³/mol. The predicted octanol–water partition coefficient (Wildman–Crippen LogP) is 4.70. The van der Waals surface area contributed by atoms with Crippen LogP contribution in [0.15, 0.2) is 67.9 Å². The van der Waals surface area contributed by atoms with Crippen LogP contribution in [0.4, 0.5) is 22.1 Å². The van der Waals surface area contributed by atoms with Gasteiger partial charge in [-0.05, 0) is 38.1 Å². The van der Waals surface area contributed by atoms with E-state index in [-0.39, 0.29) is 0 Å². The molecule has 0 unspecified atom stereocenters. The summed E-state index contributed by atoms with van der Waals surface area (Å²) in [4.78, 5) is 16.5. The highest BCUT2D eigenvalue weighted by Crippen LogP contribution is 2.47. The lowest BCUT2D eigenvalue weighted by Gasteiger charge is -2.31. The van der Waals surface area contributed by atoms with E-state index < -0.39 is 6.03 Å². The third kappa shape index (κ3) is 3.59. The standard InChI is InChI=1S/C20H19N5O2S/c1-13-14(2)24-27-19(13)22-20(26)23-21-11-12-25-15-7-3-5-9-17(15)28-18-10-6-4-8-16(18)25/h3-11H,12H2,1-2H3,(H2,22,23,26). The second-order valence-electron chi connectivity index (χ2n) is 6.25. The Morgan fingerprint density at radius 3 is 2.39 bits per heavy atom. The van der Waals surface area contributed by atoms with Crippen LogP contribution in [0, 0.1) is 13.8 Å². The van der Waals surface area contributed by atoms with Gasteiger partial charge in [-0.2, -0.15) is 5.10 Å². The molecule has 142 valence electrons. The van der Waals surface area contributed by atoms with Crippen LogP contribution >= 0.6 is 11.8 Å². The van der Waals surface area contributed by atoms with Crippen molar-refractivity contribution in [2.24, 2.45) is 5.10 Å². The number of hydrazone groups is 1. The average Bonchev–Trinajstić information content (AvgIpc) is 3.02. The van der Waals surface area contributed by atoms with Crippen LogP contribution in [0.5, 0.6) is 0 Å². The number of rotatable bonds is 4. The first-order valence-electron chi connectivity index (χ1n) is 8.78. The number of hydrogen-bond donors (Lipinski definition) is 2. The van der Waals surface area contributed by atoms with Crippen molar-refractivity contribution < 1.29 is 9.32 Å². The van der Waals surface area contributed by atoms with Gasteiger partial charge in [0.15, 0.2) is 0 Å². The molecule has 8 heteroatoms. The van der Waals surface area contributed by atoms with Crippen LogP contribution in [0.1, 0.15) is 11.3 Å². The van der Waals surface area contributed by atoms with Crippen LogP contribution < -0.4 is 15.6 Å². The summed E-state index contributed by atoms with van der Waals surface area (Å²) in [6.45, 7) is 4.16. The smallest absolute Gasteiger partial charge is 0.338 e. The highest BCUT2D eigenvalue weighted by Gasteiger charge is 2.21. The number of aromatic nitrogens is 1. The molecule has 0 atom stereocenters. The molecule has 7 nitrogen and oxygen atoms in total. The Bertz CT molecular complexity index is 1000. The first-order chi connectivity index (χ1) is 13.6. The first kappa shape index (κ1) is 18.1. The maximum atomic E-state index is 12.0. The molecule has 0 saturated heterocycles. The van der Waals surface area contributed by atoms with Gasteiger partial charge in [-0.15, -0.1) is 0 Å². The summed E-state index contributed by atoms with van der Waals surface area (Å²) in [7, 11) is 0. The molecule has 1 aromatic heterocycles. The van der Waals surface area contributed by atoms with Gasteiger partial charge in [0, 0.05) is 21.6 Å². The van der Waals surface area contributed by atoms with Crippen LogP contribution in [-0.4, -0.2) is 23.9 Å². The number of carbonyl (C=O) groups is 1. The molecule has 2 N–H and O–H groups in total. The SMILES string of the molecule is Cc1noc(NC(=O)NN=CCN2c3ccccc3Sc3ccccc32)c1C. The number of para-hydroxylation sites is 2. The molecule has 0 spiro atoms. The fraction of sp³-hybridized carbons (Fsp3) is 0.150. The van der Waals surface area contributed by atoms with E-state index in [2.05, 4.69) is 50.2 Å². The number of urea groups is 1. The van der Waals surface area contributed by atoms with Crippen LogP contribution in [-0.2, 0) is 0 Å². The molecule has 28 heavy (non-hydrogen) atoms. The third-order valence-corrected chi connectivity index (χ3v) is 5.57. The van der Waals surface area contributed by atoms with E-state index >= 15 is 0 Å². The summed E-state index contributed by atoms with van der Waals surface area (Å²) >= 11 is 1.75. The van der Waals surface area contributed by atoms with E-state index in [4.69, 9.17) is 4.52 Å². The Hall–Kier alpha value is -3.26. The minimum absolute atomic E-state index is 0.320. The van der Waals surface area contributed by atoms with Gasteiger partial charge in [-0.25, -0.2) is 10.2 Å². The van der Waals surface area contributed by atoms with Crippen molar-refractivity contribution in [3.05, 3.63) is 59.8 Å². The molecule has 0 bridgehead atoms. The molecule has 3 aromatic rings. The zero-order valence-electron chi connectivity index (χ0n) is 15.5. The van der Waals surface area contributed by atoms with Crippen molar-refractivity contribution in [2.75, 3.05) is 16.8 Å².